The number of thiophene rings is 1. The fourth-order valence-corrected chi connectivity index (χ4v) is 4.47. The molecule has 2 heterocycles. The molecule has 6 heteroatoms. The van der Waals surface area contributed by atoms with Gasteiger partial charge >= 0.3 is 0 Å². The molecule has 1 fully saturated rings. The van der Waals surface area contributed by atoms with Crippen LogP contribution in [0.25, 0.3) is 0 Å². The number of hydrogen-bond acceptors (Lipinski definition) is 4. The van der Waals surface area contributed by atoms with Gasteiger partial charge in [0.25, 0.3) is 0 Å². The van der Waals surface area contributed by atoms with Gasteiger partial charge in [-0.05, 0) is 49.9 Å². The highest BCUT2D eigenvalue weighted by molar-refractivity contribution is 7.11. The first kappa shape index (κ1) is 21.8. The van der Waals surface area contributed by atoms with Crippen molar-refractivity contribution in [2.75, 3.05) is 20.3 Å². The lowest BCUT2D eigenvalue weighted by Gasteiger charge is -2.22. The summed E-state index contributed by atoms with van der Waals surface area (Å²) in [5.74, 6) is 0.828. The first-order valence-corrected chi connectivity index (χ1v) is 11.2. The van der Waals surface area contributed by atoms with E-state index >= 15 is 0 Å². The van der Waals surface area contributed by atoms with E-state index in [0.717, 1.165) is 45.0 Å². The standard InChI is InChI=1S/C23H33N3O2S/c1-17(13-22-8-7-18(2)29-22)26-23(24-3)25-15-19-5-4-6-20(14-19)16-28-21-9-11-27-12-10-21/h4-8,14,17,21H,9-13,15-16H2,1-3H3,(H2,24,25,26). The summed E-state index contributed by atoms with van der Waals surface area (Å²) >= 11 is 1.86. The summed E-state index contributed by atoms with van der Waals surface area (Å²) in [7, 11) is 1.81. The highest BCUT2D eigenvalue weighted by Crippen LogP contribution is 2.17. The largest absolute Gasteiger partial charge is 0.381 e. The number of aliphatic imine (C=N–C) groups is 1. The molecule has 0 aliphatic carbocycles. The molecule has 1 unspecified atom stereocenters. The van der Waals surface area contributed by atoms with Gasteiger partial charge in [-0.3, -0.25) is 4.99 Å². The van der Waals surface area contributed by atoms with E-state index in [2.05, 4.69) is 65.9 Å². The zero-order valence-corrected chi connectivity index (χ0v) is 18.6. The third kappa shape index (κ3) is 7.46. The second-order valence-electron chi connectivity index (χ2n) is 7.63. The molecule has 1 aromatic heterocycles. The Morgan fingerprint density at radius 2 is 2.03 bits per heavy atom. The van der Waals surface area contributed by atoms with Crippen molar-refractivity contribution in [1.82, 2.24) is 10.6 Å². The van der Waals surface area contributed by atoms with Gasteiger partial charge in [-0.15, -0.1) is 11.3 Å². The first-order valence-electron chi connectivity index (χ1n) is 10.4. The zero-order valence-electron chi connectivity index (χ0n) is 17.7. The van der Waals surface area contributed by atoms with E-state index in [9.17, 15) is 0 Å². The average molecular weight is 416 g/mol. The molecule has 0 bridgehead atoms. The molecule has 5 nitrogen and oxygen atoms in total. The van der Waals surface area contributed by atoms with Crippen LogP contribution in [0.5, 0.6) is 0 Å². The van der Waals surface area contributed by atoms with Crippen molar-refractivity contribution in [3.05, 3.63) is 57.3 Å². The average Bonchev–Trinajstić information content (AvgIpc) is 3.15. The van der Waals surface area contributed by atoms with Crippen LogP contribution in [-0.2, 0) is 29.0 Å². The van der Waals surface area contributed by atoms with E-state index in [-0.39, 0.29) is 0 Å². The molecule has 2 N–H and O–H groups in total. The molecule has 1 atom stereocenters. The fourth-order valence-electron chi connectivity index (χ4n) is 3.45. The van der Waals surface area contributed by atoms with Crippen LogP contribution in [0.2, 0.25) is 0 Å². The van der Waals surface area contributed by atoms with E-state index in [1.54, 1.807) is 0 Å². The van der Waals surface area contributed by atoms with Crippen molar-refractivity contribution in [1.29, 1.82) is 0 Å². The van der Waals surface area contributed by atoms with Gasteiger partial charge in [-0.2, -0.15) is 0 Å². The number of benzene rings is 1. The van der Waals surface area contributed by atoms with Crippen LogP contribution in [0.3, 0.4) is 0 Å². The summed E-state index contributed by atoms with van der Waals surface area (Å²) in [6.45, 7) is 7.35. The minimum absolute atomic E-state index is 0.318. The molecule has 0 radical (unpaired) electrons. The predicted molar refractivity (Wildman–Crippen MR) is 121 cm³/mol. The highest BCUT2D eigenvalue weighted by Gasteiger charge is 2.14. The summed E-state index contributed by atoms with van der Waals surface area (Å²) in [5, 5.41) is 6.91. The van der Waals surface area contributed by atoms with Gasteiger partial charge in [0.2, 0.25) is 0 Å². The van der Waals surface area contributed by atoms with Crippen LogP contribution < -0.4 is 10.6 Å². The number of nitrogens with one attached hydrogen (secondary N) is 2. The van der Waals surface area contributed by atoms with Gasteiger partial charge < -0.3 is 20.1 Å². The van der Waals surface area contributed by atoms with Gasteiger partial charge in [0.05, 0.1) is 12.7 Å². The number of aryl methyl sites for hydroxylation is 1. The third-order valence-corrected chi connectivity index (χ3v) is 6.04. The Labute approximate surface area is 178 Å². The Morgan fingerprint density at radius 3 is 2.76 bits per heavy atom. The van der Waals surface area contributed by atoms with E-state index < -0.39 is 0 Å². The molecule has 1 aromatic carbocycles. The van der Waals surface area contributed by atoms with Crippen LogP contribution in [0.15, 0.2) is 41.4 Å². The lowest BCUT2D eigenvalue weighted by Crippen LogP contribution is -2.42. The maximum absolute atomic E-state index is 6.05. The van der Waals surface area contributed by atoms with Gasteiger partial charge in [0.15, 0.2) is 5.96 Å². The van der Waals surface area contributed by atoms with Crippen LogP contribution in [0, 0.1) is 6.92 Å². The summed E-state index contributed by atoms with van der Waals surface area (Å²) in [4.78, 5) is 7.13. The number of rotatable bonds is 8. The molecule has 0 saturated carbocycles. The smallest absolute Gasteiger partial charge is 0.191 e. The molecule has 1 aliphatic heterocycles. The SMILES string of the molecule is CN=C(NCc1cccc(COC2CCOCC2)c1)NC(C)Cc1ccc(C)s1. The Balaban J connectivity index is 1.44. The normalized spacial score (nSPS) is 16.6. The van der Waals surface area contributed by atoms with Crippen LogP contribution >= 0.6 is 11.3 Å². The van der Waals surface area contributed by atoms with Crippen molar-refractivity contribution in [3.63, 3.8) is 0 Å². The van der Waals surface area contributed by atoms with Gasteiger partial charge in [-0.25, -0.2) is 0 Å². The Hall–Kier alpha value is -1.89. The minimum Gasteiger partial charge on any atom is -0.381 e. The number of nitrogens with zero attached hydrogens (tertiary/aromatic N) is 1. The summed E-state index contributed by atoms with van der Waals surface area (Å²) in [6, 6.07) is 13.3. The molecule has 158 valence electrons. The first-order chi connectivity index (χ1) is 14.1. The number of hydrogen-bond donors (Lipinski definition) is 2. The third-order valence-electron chi connectivity index (χ3n) is 5.02. The van der Waals surface area contributed by atoms with Crippen LogP contribution in [-0.4, -0.2) is 38.4 Å². The zero-order chi connectivity index (χ0) is 20.5. The maximum atomic E-state index is 6.05. The summed E-state index contributed by atoms with van der Waals surface area (Å²) < 4.78 is 11.4. The topological polar surface area (TPSA) is 54.9 Å². The van der Waals surface area contributed by atoms with Gasteiger partial charge in [-0.1, -0.05) is 24.3 Å². The quantitative estimate of drug-likeness (QED) is 0.505. The van der Waals surface area contributed by atoms with Crippen molar-refractivity contribution in [2.45, 2.75) is 58.4 Å². The second kappa shape index (κ2) is 11.3. The van der Waals surface area contributed by atoms with E-state index in [1.165, 1.54) is 20.9 Å². The molecule has 1 aliphatic rings. The summed E-state index contributed by atoms with van der Waals surface area (Å²) in [5.41, 5.74) is 2.43. The highest BCUT2D eigenvalue weighted by atomic mass is 32.1. The number of ether oxygens (including phenoxy) is 2. The van der Waals surface area contributed by atoms with Gasteiger partial charge in [0.1, 0.15) is 0 Å². The van der Waals surface area contributed by atoms with E-state index in [1.807, 2.05) is 18.4 Å². The van der Waals surface area contributed by atoms with Crippen LogP contribution in [0.1, 0.15) is 40.6 Å². The Morgan fingerprint density at radius 1 is 1.24 bits per heavy atom. The van der Waals surface area contributed by atoms with Crippen molar-refractivity contribution in [3.8, 4) is 0 Å². The molecule has 1 saturated heterocycles. The fraction of sp³-hybridized carbons (Fsp3) is 0.522. The lowest BCUT2D eigenvalue weighted by molar-refractivity contribution is -0.0390. The monoisotopic (exact) mass is 415 g/mol. The van der Waals surface area contributed by atoms with Crippen LogP contribution in [0.4, 0.5) is 0 Å². The lowest BCUT2D eigenvalue weighted by atomic mass is 10.1. The molecule has 3 rings (SSSR count). The van der Waals surface area contributed by atoms with Crippen molar-refractivity contribution < 1.29 is 9.47 Å². The number of guanidine groups is 1. The van der Waals surface area contributed by atoms with E-state index in [0.29, 0.717) is 18.8 Å². The maximum Gasteiger partial charge on any atom is 0.191 e. The summed E-state index contributed by atoms with van der Waals surface area (Å²) in [6.07, 6.45) is 3.30. The Kier molecular flexibility index (Phi) is 8.52. The van der Waals surface area contributed by atoms with Crippen molar-refractivity contribution in [2.24, 2.45) is 4.99 Å². The predicted octanol–water partition coefficient (Wildman–Crippen LogP) is 4.05. The molecule has 2 aromatic rings. The van der Waals surface area contributed by atoms with Crippen molar-refractivity contribution >= 4 is 17.3 Å². The molecule has 0 spiro atoms. The van der Waals surface area contributed by atoms with E-state index in [4.69, 9.17) is 9.47 Å². The molecular weight excluding hydrogens is 382 g/mol. The Bertz CT molecular complexity index is 784. The van der Waals surface area contributed by atoms with Gasteiger partial charge in [0, 0.05) is 49.0 Å². The molecule has 29 heavy (non-hydrogen) atoms. The minimum atomic E-state index is 0.318. The second-order valence-corrected chi connectivity index (χ2v) is 9.00. The molecule has 0 amide bonds. The molecular formula is C23H33N3O2S.